The van der Waals surface area contributed by atoms with Crippen molar-refractivity contribution in [3.8, 4) is 11.5 Å². The van der Waals surface area contributed by atoms with Crippen molar-refractivity contribution < 1.29 is 23.9 Å². The van der Waals surface area contributed by atoms with Crippen LogP contribution in [0.2, 0.25) is 0 Å². The fourth-order valence-electron chi connectivity index (χ4n) is 2.79. The van der Waals surface area contributed by atoms with Gasteiger partial charge in [-0.3, -0.25) is 14.4 Å². The summed E-state index contributed by atoms with van der Waals surface area (Å²) in [6.07, 6.45) is 1.35. The fraction of sp³-hybridized carbons (Fsp3) is 0.273. The zero-order chi connectivity index (χ0) is 23.7. The number of carbonyl (C=O) groups excluding carboxylic acids is 3. The number of methoxy groups -OCH3 is 1. The van der Waals surface area contributed by atoms with Crippen molar-refractivity contribution in [2.45, 2.75) is 20.8 Å². The first-order valence-corrected chi connectivity index (χ1v) is 10.5. The lowest BCUT2D eigenvalue weighted by Crippen LogP contribution is -2.37. The lowest BCUT2D eigenvalue weighted by molar-refractivity contribution is -0.139. The highest BCUT2D eigenvalue weighted by atomic mass is 79.9. The van der Waals surface area contributed by atoms with Gasteiger partial charge < -0.3 is 20.1 Å². The Balaban J connectivity index is 2.03. The van der Waals surface area contributed by atoms with Gasteiger partial charge >= 0.3 is 11.8 Å². The van der Waals surface area contributed by atoms with Crippen molar-refractivity contribution in [3.05, 3.63) is 51.5 Å². The maximum Gasteiger partial charge on any atom is 0.329 e. The Bertz CT molecular complexity index is 1020. The Hall–Kier alpha value is -3.40. The van der Waals surface area contributed by atoms with E-state index in [2.05, 4.69) is 37.1 Å². The normalized spacial score (nSPS) is 10.5. The van der Waals surface area contributed by atoms with Gasteiger partial charge in [-0.1, -0.05) is 6.07 Å². The van der Waals surface area contributed by atoms with Gasteiger partial charge in [-0.05, 0) is 77.7 Å². The predicted molar refractivity (Wildman–Crippen MR) is 125 cm³/mol. The lowest BCUT2D eigenvalue weighted by Gasteiger charge is -2.14. The van der Waals surface area contributed by atoms with E-state index in [-0.39, 0.29) is 12.5 Å². The average Bonchev–Trinajstić information content (AvgIpc) is 2.71. The highest BCUT2D eigenvalue weighted by molar-refractivity contribution is 9.10. The summed E-state index contributed by atoms with van der Waals surface area (Å²) in [5.41, 5.74) is 5.49. The van der Waals surface area contributed by atoms with Gasteiger partial charge in [-0.25, -0.2) is 5.43 Å². The van der Waals surface area contributed by atoms with Gasteiger partial charge in [0.2, 0.25) is 0 Å². The Kier molecular flexibility index (Phi) is 9.21. The molecule has 0 bridgehead atoms. The molecule has 0 atom stereocenters. The number of rotatable bonds is 8. The topological polar surface area (TPSA) is 118 Å². The van der Waals surface area contributed by atoms with Gasteiger partial charge in [0.05, 0.1) is 17.8 Å². The van der Waals surface area contributed by atoms with E-state index in [1.807, 2.05) is 32.0 Å². The second kappa shape index (κ2) is 11.8. The lowest BCUT2D eigenvalue weighted by atomic mass is 10.1. The first kappa shape index (κ1) is 24.9. The van der Waals surface area contributed by atoms with Crippen LogP contribution in [0.15, 0.2) is 39.9 Å². The van der Waals surface area contributed by atoms with Gasteiger partial charge in [0.25, 0.3) is 5.91 Å². The van der Waals surface area contributed by atoms with Crippen molar-refractivity contribution >= 4 is 45.6 Å². The van der Waals surface area contributed by atoms with E-state index in [1.165, 1.54) is 13.3 Å². The number of halogens is 1. The molecule has 9 nitrogen and oxygen atoms in total. The first-order chi connectivity index (χ1) is 15.2. The van der Waals surface area contributed by atoms with Crippen LogP contribution in [-0.2, 0) is 14.4 Å². The van der Waals surface area contributed by atoms with E-state index in [0.717, 1.165) is 11.1 Å². The van der Waals surface area contributed by atoms with E-state index < -0.39 is 11.8 Å². The molecule has 2 rings (SSSR count). The fourth-order valence-corrected chi connectivity index (χ4v) is 3.37. The maximum atomic E-state index is 12.3. The number of amides is 3. The Morgan fingerprint density at radius 2 is 1.75 bits per heavy atom. The molecule has 0 saturated heterocycles. The third kappa shape index (κ3) is 7.38. The summed E-state index contributed by atoms with van der Waals surface area (Å²) in [6, 6.07) is 9.05. The minimum absolute atomic E-state index is 0.224. The molecule has 0 radical (unpaired) electrons. The minimum Gasteiger partial charge on any atom is -0.493 e. The molecule has 2 aromatic carbocycles. The molecule has 3 amide bonds. The number of hydrogen-bond acceptors (Lipinski definition) is 6. The van der Waals surface area contributed by atoms with E-state index >= 15 is 0 Å². The number of benzene rings is 2. The maximum absolute atomic E-state index is 12.3. The van der Waals surface area contributed by atoms with Crippen LogP contribution in [0.5, 0.6) is 11.5 Å². The molecule has 0 heterocycles. The molecule has 0 aliphatic carbocycles. The van der Waals surface area contributed by atoms with Crippen molar-refractivity contribution in [2.75, 3.05) is 25.6 Å². The van der Waals surface area contributed by atoms with Gasteiger partial charge in [0, 0.05) is 12.2 Å². The summed E-state index contributed by atoms with van der Waals surface area (Å²) in [7, 11) is 1.46. The third-order valence-electron chi connectivity index (χ3n) is 4.03. The van der Waals surface area contributed by atoms with Crippen LogP contribution in [0, 0.1) is 13.8 Å². The number of anilines is 1. The number of hydrogen-bond donors (Lipinski definition) is 3. The Morgan fingerprint density at radius 1 is 1.06 bits per heavy atom. The molecule has 10 heteroatoms. The first-order valence-electron chi connectivity index (χ1n) is 9.73. The average molecular weight is 505 g/mol. The largest absolute Gasteiger partial charge is 0.493 e. The smallest absolute Gasteiger partial charge is 0.329 e. The van der Waals surface area contributed by atoms with Gasteiger partial charge in [0.1, 0.15) is 0 Å². The Morgan fingerprint density at radius 3 is 2.38 bits per heavy atom. The van der Waals surface area contributed by atoms with Gasteiger partial charge in [-0.15, -0.1) is 0 Å². The zero-order valence-electron chi connectivity index (χ0n) is 18.2. The van der Waals surface area contributed by atoms with Crippen LogP contribution in [0.25, 0.3) is 0 Å². The molecule has 0 aliphatic rings. The molecule has 0 aromatic heterocycles. The van der Waals surface area contributed by atoms with Crippen LogP contribution in [-0.4, -0.2) is 44.2 Å². The van der Waals surface area contributed by atoms with Crippen LogP contribution >= 0.6 is 15.9 Å². The molecular formula is C22H25BrN4O5. The zero-order valence-corrected chi connectivity index (χ0v) is 19.8. The van der Waals surface area contributed by atoms with Crippen molar-refractivity contribution in [3.63, 3.8) is 0 Å². The molecule has 0 saturated carbocycles. The SMILES string of the molecule is CCNC(=O)C(=O)N/N=C\c1cc(Br)c(OCC(=O)Nc2cc(C)cc(C)c2)c(OC)c1. The van der Waals surface area contributed by atoms with Crippen LogP contribution in [0.1, 0.15) is 23.6 Å². The molecule has 0 fully saturated rings. The molecule has 0 spiro atoms. The number of likely N-dealkylation sites (N-methyl/N-ethyl adjacent to an activating group) is 1. The molecule has 0 unspecified atom stereocenters. The minimum atomic E-state index is -0.871. The molecule has 0 aliphatic heterocycles. The highest BCUT2D eigenvalue weighted by Gasteiger charge is 2.14. The van der Waals surface area contributed by atoms with E-state index in [9.17, 15) is 14.4 Å². The van der Waals surface area contributed by atoms with E-state index in [1.54, 1.807) is 19.1 Å². The van der Waals surface area contributed by atoms with Crippen LogP contribution < -0.4 is 25.5 Å². The number of carbonyl (C=O) groups is 3. The van der Waals surface area contributed by atoms with Crippen molar-refractivity contribution in [1.29, 1.82) is 0 Å². The predicted octanol–water partition coefficient (Wildman–Crippen LogP) is 2.68. The summed E-state index contributed by atoms with van der Waals surface area (Å²) in [5, 5.41) is 8.94. The molecule has 32 heavy (non-hydrogen) atoms. The molecule has 2 aromatic rings. The third-order valence-corrected chi connectivity index (χ3v) is 4.62. The molecular weight excluding hydrogens is 480 g/mol. The number of nitrogens with one attached hydrogen (secondary N) is 3. The number of aryl methyl sites for hydroxylation is 2. The molecule has 170 valence electrons. The van der Waals surface area contributed by atoms with Crippen molar-refractivity contribution in [1.82, 2.24) is 10.7 Å². The number of nitrogens with zero attached hydrogens (tertiary/aromatic N) is 1. The molecule has 3 N–H and O–H groups in total. The number of hydrazone groups is 1. The Labute approximate surface area is 194 Å². The van der Waals surface area contributed by atoms with Crippen LogP contribution in [0.4, 0.5) is 5.69 Å². The standard InChI is InChI=1S/C22H25BrN4O5/c1-5-24-21(29)22(30)27-25-11-15-9-17(23)20(18(10-15)31-4)32-12-19(28)26-16-7-13(2)6-14(3)8-16/h6-11H,5,12H2,1-4H3,(H,24,29)(H,26,28)(H,27,30)/b25-11-. The number of ether oxygens (including phenoxy) is 2. The second-order valence-electron chi connectivity index (χ2n) is 6.81. The van der Waals surface area contributed by atoms with Crippen molar-refractivity contribution in [2.24, 2.45) is 5.10 Å². The quantitative estimate of drug-likeness (QED) is 0.290. The summed E-state index contributed by atoms with van der Waals surface area (Å²) in [5.74, 6) is -1.26. The van der Waals surface area contributed by atoms with Crippen LogP contribution in [0.3, 0.4) is 0 Å². The second-order valence-corrected chi connectivity index (χ2v) is 7.66. The summed E-state index contributed by atoms with van der Waals surface area (Å²) >= 11 is 3.39. The monoisotopic (exact) mass is 504 g/mol. The van der Waals surface area contributed by atoms with E-state index in [4.69, 9.17) is 9.47 Å². The van der Waals surface area contributed by atoms with Gasteiger partial charge in [-0.2, -0.15) is 5.10 Å². The van der Waals surface area contributed by atoms with E-state index in [0.29, 0.717) is 33.8 Å². The highest BCUT2D eigenvalue weighted by Crippen LogP contribution is 2.36. The summed E-state index contributed by atoms with van der Waals surface area (Å²) in [6.45, 7) is 5.73. The van der Waals surface area contributed by atoms with Gasteiger partial charge in [0.15, 0.2) is 18.1 Å². The summed E-state index contributed by atoms with van der Waals surface area (Å²) < 4.78 is 11.5. The summed E-state index contributed by atoms with van der Waals surface area (Å²) in [4.78, 5) is 35.2.